The third kappa shape index (κ3) is 1.49. The molecule has 0 radical (unpaired) electrons. The van der Waals surface area contributed by atoms with Gasteiger partial charge in [-0.15, -0.1) is 11.3 Å². The first-order valence-electron chi connectivity index (χ1n) is 3.61. The van der Waals surface area contributed by atoms with Crippen molar-refractivity contribution in [3.63, 3.8) is 0 Å². The largest absolute Gasteiger partial charge is 0.477 e. The summed E-state index contributed by atoms with van der Waals surface area (Å²) in [5.74, 6) is -0.871. The minimum Gasteiger partial charge on any atom is -0.477 e. The molecule has 0 spiro atoms. The lowest BCUT2D eigenvalue weighted by molar-refractivity contribution is 0.0701. The molecule has 66 valence electrons. The molecule has 0 aliphatic carbocycles. The van der Waals surface area contributed by atoms with E-state index < -0.39 is 5.97 Å². The molecule has 0 saturated carbocycles. The maximum absolute atomic E-state index is 10.6. The van der Waals surface area contributed by atoms with E-state index in [1.165, 1.54) is 11.3 Å². The summed E-state index contributed by atoms with van der Waals surface area (Å²) in [5.41, 5.74) is 7.36. The van der Waals surface area contributed by atoms with Crippen LogP contribution >= 0.6 is 11.3 Å². The highest BCUT2D eigenvalue weighted by atomic mass is 32.1. The quantitative estimate of drug-likeness (QED) is 0.738. The fourth-order valence-electron chi connectivity index (χ4n) is 1.09. The van der Waals surface area contributed by atoms with Crippen LogP contribution in [-0.4, -0.2) is 11.1 Å². The number of carboxylic acids is 1. The Bertz CT molecular complexity index is 304. The van der Waals surface area contributed by atoms with E-state index in [1.54, 1.807) is 6.92 Å². The SMILES string of the molecule is Cc1c(C(C)N)csc1C(=O)O. The van der Waals surface area contributed by atoms with Gasteiger partial charge in [-0.1, -0.05) is 0 Å². The monoisotopic (exact) mass is 185 g/mol. The lowest BCUT2D eigenvalue weighted by Crippen LogP contribution is -2.06. The Hall–Kier alpha value is -0.870. The number of nitrogens with two attached hydrogens (primary N) is 1. The van der Waals surface area contributed by atoms with Gasteiger partial charge < -0.3 is 10.8 Å². The smallest absolute Gasteiger partial charge is 0.346 e. The molecule has 1 aromatic heterocycles. The van der Waals surface area contributed by atoms with Crippen LogP contribution < -0.4 is 5.73 Å². The first kappa shape index (κ1) is 9.22. The van der Waals surface area contributed by atoms with Crippen molar-refractivity contribution >= 4 is 17.3 Å². The molecule has 1 rings (SSSR count). The molecule has 3 nitrogen and oxygen atoms in total. The van der Waals surface area contributed by atoms with E-state index in [2.05, 4.69) is 0 Å². The Kier molecular flexibility index (Phi) is 2.49. The minimum atomic E-state index is -0.871. The zero-order valence-corrected chi connectivity index (χ0v) is 7.81. The van der Waals surface area contributed by atoms with Crippen molar-refractivity contribution in [2.75, 3.05) is 0 Å². The summed E-state index contributed by atoms with van der Waals surface area (Å²) in [7, 11) is 0. The van der Waals surface area contributed by atoms with Crippen LogP contribution in [0.1, 0.15) is 33.8 Å². The summed E-state index contributed by atoms with van der Waals surface area (Å²) in [5, 5.41) is 10.5. The van der Waals surface area contributed by atoms with E-state index in [1.807, 2.05) is 12.3 Å². The lowest BCUT2D eigenvalue weighted by Gasteiger charge is -2.03. The number of thiophene rings is 1. The maximum atomic E-state index is 10.6. The van der Waals surface area contributed by atoms with Gasteiger partial charge in [-0.25, -0.2) is 4.79 Å². The van der Waals surface area contributed by atoms with Crippen LogP contribution in [0.3, 0.4) is 0 Å². The van der Waals surface area contributed by atoms with Crippen molar-refractivity contribution < 1.29 is 9.90 Å². The summed E-state index contributed by atoms with van der Waals surface area (Å²) in [6.45, 7) is 3.64. The Morgan fingerprint density at radius 2 is 2.33 bits per heavy atom. The topological polar surface area (TPSA) is 63.3 Å². The van der Waals surface area contributed by atoms with Crippen molar-refractivity contribution in [3.05, 3.63) is 21.4 Å². The summed E-state index contributed by atoms with van der Waals surface area (Å²) in [6, 6.07) is -0.0886. The molecule has 1 unspecified atom stereocenters. The number of carbonyl (C=O) groups is 1. The van der Waals surface area contributed by atoms with Gasteiger partial charge in [-0.05, 0) is 30.4 Å². The van der Waals surface area contributed by atoms with E-state index in [0.717, 1.165) is 11.1 Å². The van der Waals surface area contributed by atoms with Gasteiger partial charge in [0, 0.05) is 6.04 Å². The Labute approximate surface area is 74.8 Å². The Morgan fingerprint density at radius 3 is 2.58 bits per heavy atom. The Morgan fingerprint density at radius 1 is 1.75 bits per heavy atom. The molecule has 0 aliphatic heterocycles. The van der Waals surface area contributed by atoms with E-state index in [9.17, 15) is 4.79 Å². The standard InChI is InChI=1S/C8H11NO2S/c1-4-6(5(2)9)3-12-7(4)8(10)11/h3,5H,9H2,1-2H3,(H,10,11). The minimum absolute atomic E-state index is 0.0886. The van der Waals surface area contributed by atoms with Gasteiger partial charge >= 0.3 is 5.97 Å². The van der Waals surface area contributed by atoms with Gasteiger partial charge in [0.25, 0.3) is 0 Å². The van der Waals surface area contributed by atoms with Crippen molar-refractivity contribution in [2.45, 2.75) is 19.9 Å². The molecule has 3 N–H and O–H groups in total. The average molecular weight is 185 g/mol. The number of aromatic carboxylic acids is 1. The van der Waals surface area contributed by atoms with Crippen molar-refractivity contribution in [1.29, 1.82) is 0 Å². The Balaban J connectivity index is 3.13. The van der Waals surface area contributed by atoms with Gasteiger partial charge in [-0.2, -0.15) is 0 Å². The molecule has 0 fully saturated rings. The molecular formula is C8H11NO2S. The molecular weight excluding hydrogens is 174 g/mol. The van der Waals surface area contributed by atoms with Crippen molar-refractivity contribution in [1.82, 2.24) is 0 Å². The fourth-order valence-corrected chi connectivity index (χ4v) is 2.12. The number of hydrogen-bond donors (Lipinski definition) is 2. The van der Waals surface area contributed by atoms with Crippen LogP contribution in [0.15, 0.2) is 5.38 Å². The third-order valence-corrected chi connectivity index (χ3v) is 2.85. The van der Waals surface area contributed by atoms with Crippen molar-refractivity contribution in [3.8, 4) is 0 Å². The van der Waals surface area contributed by atoms with Crippen LogP contribution in [0, 0.1) is 6.92 Å². The zero-order valence-electron chi connectivity index (χ0n) is 7.00. The van der Waals surface area contributed by atoms with Crippen LogP contribution in [0.5, 0.6) is 0 Å². The lowest BCUT2D eigenvalue weighted by atomic mass is 10.1. The van der Waals surface area contributed by atoms with E-state index in [4.69, 9.17) is 10.8 Å². The molecule has 0 bridgehead atoms. The molecule has 0 aliphatic rings. The normalized spacial score (nSPS) is 12.9. The second kappa shape index (κ2) is 3.25. The summed E-state index contributed by atoms with van der Waals surface area (Å²) in [6.07, 6.45) is 0. The third-order valence-electron chi connectivity index (χ3n) is 1.76. The van der Waals surface area contributed by atoms with E-state index >= 15 is 0 Å². The van der Waals surface area contributed by atoms with Gasteiger partial charge in [0.1, 0.15) is 4.88 Å². The zero-order chi connectivity index (χ0) is 9.30. The summed E-state index contributed by atoms with van der Waals surface area (Å²) < 4.78 is 0. The highest BCUT2D eigenvalue weighted by molar-refractivity contribution is 7.12. The molecule has 0 aromatic carbocycles. The number of hydrogen-bond acceptors (Lipinski definition) is 3. The highest BCUT2D eigenvalue weighted by Crippen LogP contribution is 2.25. The van der Waals surface area contributed by atoms with Crippen LogP contribution in [0.25, 0.3) is 0 Å². The molecule has 4 heteroatoms. The van der Waals surface area contributed by atoms with Gasteiger partial charge in [-0.3, -0.25) is 0 Å². The van der Waals surface area contributed by atoms with Gasteiger partial charge in [0.2, 0.25) is 0 Å². The molecule has 12 heavy (non-hydrogen) atoms. The van der Waals surface area contributed by atoms with Gasteiger partial charge in [0.15, 0.2) is 0 Å². The van der Waals surface area contributed by atoms with Crippen molar-refractivity contribution in [2.24, 2.45) is 5.73 Å². The predicted octanol–water partition coefficient (Wildman–Crippen LogP) is 1.77. The predicted molar refractivity (Wildman–Crippen MR) is 48.6 cm³/mol. The van der Waals surface area contributed by atoms with Crippen LogP contribution in [0.4, 0.5) is 0 Å². The number of rotatable bonds is 2. The summed E-state index contributed by atoms with van der Waals surface area (Å²) >= 11 is 1.23. The first-order chi connectivity index (χ1) is 5.54. The summed E-state index contributed by atoms with van der Waals surface area (Å²) in [4.78, 5) is 11.0. The molecule has 0 amide bonds. The van der Waals surface area contributed by atoms with Crippen LogP contribution in [0.2, 0.25) is 0 Å². The molecule has 1 aromatic rings. The molecule has 1 atom stereocenters. The maximum Gasteiger partial charge on any atom is 0.346 e. The van der Waals surface area contributed by atoms with E-state index in [-0.39, 0.29) is 6.04 Å². The first-order valence-corrected chi connectivity index (χ1v) is 4.49. The fraction of sp³-hybridized carbons (Fsp3) is 0.375. The van der Waals surface area contributed by atoms with E-state index in [0.29, 0.717) is 4.88 Å². The number of carboxylic acid groups (broad SMARTS) is 1. The molecule has 1 heterocycles. The van der Waals surface area contributed by atoms with Crippen LogP contribution in [-0.2, 0) is 0 Å². The second-order valence-electron chi connectivity index (χ2n) is 2.74. The van der Waals surface area contributed by atoms with Gasteiger partial charge in [0.05, 0.1) is 0 Å². The molecule has 0 saturated heterocycles. The second-order valence-corrected chi connectivity index (χ2v) is 3.62. The highest BCUT2D eigenvalue weighted by Gasteiger charge is 2.14. The average Bonchev–Trinajstić information content (AvgIpc) is 2.30.